The van der Waals surface area contributed by atoms with Gasteiger partial charge in [-0.1, -0.05) is 24.2 Å². The molecule has 2 atom stereocenters. The molecule has 3 rings (SSSR count). The first-order valence-electron chi connectivity index (χ1n) is 8.75. The van der Waals surface area contributed by atoms with Crippen LogP contribution in [0.15, 0.2) is 9.05 Å². The van der Waals surface area contributed by atoms with Crippen molar-refractivity contribution in [1.29, 1.82) is 0 Å². The molecule has 2 unspecified atom stereocenters. The number of nitrogens with zero attached hydrogens (tertiary/aromatic N) is 6. The molecule has 0 spiro atoms. The van der Waals surface area contributed by atoms with Crippen molar-refractivity contribution in [2.24, 2.45) is 0 Å². The molecule has 0 aromatic carbocycles. The second kappa shape index (κ2) is 7.40. The topological polar surface area (TPSA) is 84.3 Å². The Balaban J connectivity index is 1.56. The summed E-state index contributed by atoms with van der Waals surface area (Å²) in [5.41, 5.74) is 0. The van der Waals surface area contributed by atoms with Gasteiger partial charge in [-0.05, 0) is 13.8 Å². The summed E-state index contributed by atoms with van der Waals surface area (Å²) in [7, 11) is 0. The third-order valence-corrected chi connectivity index (χ3v) is 4.76. The molecular weight excluding hydrogens is 308 g/mol. The number of hydrogen-bond donors (Lipinski definition) is 0. The average Bonchev–Trinajstić information content (AvgIpc) is 3.29. The summed E-state index contributed by atoms with van der Waals surface area (Å²) in [5.74, 6) is 2.95. The highest BCUT2D eigenvalue weighted by atomic mass is 16.5. The molecule has 24 heavy (non-hydrogen) atoms. The highest BCUT2D eigenvalue weighted by molar-refractivity contribution is 4.96. The van der Waals surface area contributed by atoms with Gasteiger partial charge in [0, 0.05) is 39.0 Å². The zero-order chi connectivity index (χ0) is 17.1. The predicted octanol–water partition coefficient (Wildman–Crippen LogP) is 2.02. The monoisotopic (exact) mass is 334 g/mol. The summed E-state index contributed by atoms with van der Waals surface area (Å²) in [6, 6.07) is 0.288. The summed E-state index contributed by atoms with van der Waals surface area (Å²) >= 11 is 0. The smallest absolute Gasteiger partial charge is 0.243 e. The van der Waals surface area contributed by atoms with E-state index >= 15 is 0 Å². The first-order chi connectivity index (χ1) is 11.6. The molecule has 2 aromatic rings. The van der Waals surface area contributed by atoms with Crippen molar-refractivity contribution in [2.45, 2.75) is 52.6 Å². The van der Waals surface area contributed by atoms with Gasteiger partial charge in [-0.2, -0.15) is 9.97 Å². The maximum Gasteiger partial charge on any atom is 0.243 e. The Morgan fingerprint density at radius 1 is 0.792 bits per heavy atom. The Kier molecular flexibility index (Phi) is 5.25. The minimum atomic E-state index is 0.144. The van der Waals surface area contributed by atoms with Crippen molar-refractivity contribution in [1.82, 2.24) is 30.1 Å². The van der Waals surface area contributed by atoms with Crippen LogP contribution in [0.25, 0.3) is 0 Å². The van der Waals surface area contributed by atoms with E-state index in [9.17, 15) is 0 Å². The molecule has 8 heteroatoms. The standard InChI is InChI=1S/C16H26N6O2/c1-5-13-17-15(23-19-13)11(3)21-7-9-22(10-8-21)12(4)16-18-14(6-2)20-24-16/h11-12H,5-10H2,1-4H3. The van der Waals surface area contributed by atoms with Gasteiger partial charge in [0.15, 0.2) is 11.6 Å². The maximum absolute atomic E-state index is 5.38. The molecule has 1 aliphatic heterocycles. The minimum Gasteiger partial charge on any atom is -0.338 e. The summed E-state index contributed by atoms with van der Waals surface area (Å²) in [5, 5.41) is 7.99. The van der Waals surface area contributed by atoms with Gasteiger partial charge in [0.25, 0.3) is 0 Å². The molecule has 1 aliphatic rings. The lowest BCUT2D eigenvalue weighted by Gasteiger charge is -2.38. The van der Waals surface area contributed by atoms with Gasteiger partial charge < -0.3 is 9.05 Å². The Morgan fingerprint density at radius 3 is 1.46 bits per heavy atom. The summed E-state index contributed by atoms with van der Waals surface area (Å²) in [6.45, 7) is 12.1. The lowest BCUT2D eigenvalue weighted by Crippen LogP contribution is -2.47. The molecule has 132 valence electrons. The fraction of sp³-hybridized carbons (Fsp3) is 0.750. The Bertz CT molecular complexity index is 590. The van der Waals surface area contributed by atoms with Gasteiger partial charge in [-0.15, -0.1) is 0 Å². The van der Waals surface area contributed by atoms with E-state index in [0.29, 0.717) is 11.8 Å². The molecule has 0 saturated carbocycles. The predicted molar refractivity (Wildman–Crippen MR) is 87.3 cm³/mol. The highest BCUT2D eigenvalue weighted by Gasteiger charge is 2.29. The highest BCUT2D eigenvalue weighted by Crippen LogP contribution is 2.24. The maximum atomic E-state index is 5.38. The van der Waals surface area contributed by atoms with Crippen LogP contribution in [0.5, 0.6) is 0 Å². The van der Waals surface area contributed by atoms with E-state index in [2.05, 4.69) is 43.9 Å². The van der Waals surface area contributed by atoms with Gasteiger partial charge in [-0.3, -0.25) is 9.80 Å². The Hall–Kier alpha value is -1.80. The van der Waals surface area contributed by atoms with Crippen molar-refractivity contribution in [2.75, 3.05) is 26.2 Å². The van der Waals surface area contributed by atoms with Gasteiger partial charge in [0.05, 0.1) is 12.1 Å². The van der Waals surface area contributed by atoms with E-state index in [0.717, 1.165) is 50.7 Å². The van der Waals surface area contributed by atoms with Crippen LogP contribution in [-0.2, 0) is 12.8 Å². The van der Waals surface area contributed by atoms with Crippen LogP contribution in [0.3, 0.4) is 0 Å². The molecule has 1 fully saturated rings. The quantitative estimate of drug-likeness (QED) is 0.793. The van der Waals surface area contributed by atoms with Crippen molar-refractivity contribution in [3.63, 3.8) is 0 Å². The Labute approximate surface area is 142 Å². The van der Waals surface area contributed by atoms with Crippen LogP contribution < -0.4 is 0 Å². The lowest BCUT2D eigenvalue weighted by molar-refractivity contribution is 0.0588. The third-order valence-electron chi connectivity index (χ3n) is 4.76. The molecular formula is C16H26N6O2. The molecule has 0 amide bonds. The molecule has 1 saturated heterocycles. The molecule has 0 N–H and O–H groups in total. The molecule has 2 aromatic heterocycles. The number of aromatic nitrogens is 4. The van der Waals surface area contributed by atoms with Crippen molar-refractivity contribution in [3.8, 4) is 0 Å². The van der Waals surface area contributed by atoms with Gasteiger partial charge in [0.1, 0.15) is 0 Å². The van der Waals surface area contributed by atoms with Crippen LogP contribution in [-0.4, -0.2) is 56.3 Å². The molecule has 8 nitrogen and oxygen atoms in total. The summed E-state index contributed by atoms with van der Waals surface area (Å²) in [6.07, 6.45) is 1.59. The van der Waals surface area contributed by atoms with Gasteiger partial charge in [-0.25, -0.2) is 0 Å². The number of aryl methyl sites for hydroxylation is 2. The third kappa shape index (κ3) is 3.49. The molecule has 3 heterocycles. The van der Waals surface area contributed by atoms with Crippen molar-refractivity contribution in [3.05, 3.63) is 23.4 Å². The lowest BCUT2D eigenvalue weighted by atomic mass is 10.2. The normalized spacial score (nSPS) is 19.5. The summed E-state index contributed by atoms with van der Waals surface area (Å²) < 4.78 is 10.8. The van der Waals surface area contributed by atoms with E-state index < -0.39 is 0 Å². The second-order valence-corrected chi connectivity index (χ2v) is 6.23. The molecule has 0 radical (unpaired) electrons. The number of hydrogen-bond acceptors (Lipinski definition) is 8. The SMILES string of the molecule is CCc1noc(C(C)N2CCN(C(C)c3nc(CC)no3)CC2)n1. The average molecular weight is 334 g/mol. The van der Waals surface area contributed by atoms with Crippen LogP contribution >= 0.6 is 0 Å². The van der Waals surface area contributed by atoms with Crippen molar-refractivity contribution >= 4 is 0 Å². The van der Waals surface area contributed by atoms with E-state index in [1.165, 1.54) is 0 Å². The number of piperazine rings is 1. The van der Waals surface area contributed by atoms with Crippen LogP contribution in [0.4, 0.5) is 0 Å². The fourth-order valence-corrected chi connectivity index (χ4v) is 2.99. The first kappa shape index (κ1) is 17.0. The van der Waals surface area contributed by atoms with Gasteiger partial charge in [0.2, 0.25) is 11.8 Å². The van der Waals surface area contributed by atoms with E-state index in [4.69, 9.17) is 9.05 Å². The number of rotatable bonds is 6. The largest absolute Gasteiger partial charge is 0.338 e. The van der Waals surface area contributed by atoms with Crippen LogP contribution in [0.2, 0.25) is 0 Å². The van der Waals surface area contributed by atoms with E-state index in [1.807, 2.05) is 13.8 Å². The molecule has 0 bridgehead atoms. The fourth-order valence-electron chi connectivity index (χ4n) is 2.99. The zero-order valence-electron chi connectivity index (χ0n) is 14.9. The molecule has 0 aliphatic carbocycles. The Morgan fingerprint density at radius 2 is 1.17 bits per heavy atom. The zero-order valence-corrected chi connectivity index (χ0v) is 14.9. The van der Waals surface area contributed by atoms with E-state index in [1.54, 1.807) is 0 Å². The second-order valence-electron chi connectivity index (χ2n) is 6.23. The summed E-state index contributed by atoms with van der Waals surface area (Å²) in [4.78, 5) is 13.7. The van der Waals surface area contributed by atoms with Crippen LogP contribution in [0.1, 0.15) is 63.2 Å². The van der Waals surface area contributed by atoms with E-state index in [-0.39, 0.29) is 12.1 Å². The van der Waals surface area contributed by atoms with Crippen LogP contribution in [0, 0.1) is 0 Å². The van der Waals surface area contributed by atoms with Gasteiger partial charge >= 0.3 is 0 Å². The first-order valence-corrected chi connectivity index (χ1v) is 8.75. The van der Waals surface area contributed by atoms with Crippen molar-refractivity contribution < 1.29 is 9.05 Å². The minimum absolute atomic E-state index is 0.144.